The molecule has 0 atom stereocenters. The van der Waals surface area contributed by atoms with E-state index in [1.807, 2.05) is 0 Å². The highest BCUT2D eigenvalue weighted by Gasteiger charge is 2.18. The van der Waals surface area contributed by atoms with Crippen molar-refractivity contribution in [1.82, 2.24) is 4.72 Å². The van der Waals surface area contributed by atoms with Gasteiger partial charge in [-0.05, 0) is 31.5 Å². The maximum atomic E-state index is 12.2. The first-order valence-electron chi connectivity index (χ1n) is 6.35. The van der Waals surface area contributed by atoms with E-state index in [1.54, 1.807) is 26.0 Å². The standard InChI is InChI=1S/C14H18N2O4S/c1-3-20-14(17)10-16-21(18,19)13-9-12(5-4-8-15)7-6-11(13)2/h6-7,9,16H,3,8,10,15H2,1-2H3. The Morgan fingerprint density at radius 2 is 2.14 bits per heavy atom. The number of nitrogens with two attached hydrogens (primary N) is 1. The third kappa shape index (κ3) is 5.19. The van der Waals surface area contributed by atoms with Crippen molar-refractivity contribution in [3.8, 4) is 11.8 Å². The topological polar surface area (TPSA) is 98.5 Å². The van der Waals surface area contributed by atoms with E-state index in [0.717, 1.165) is 0 Å². The molecule has 1 rings (SSSR count). The molecule has 0 heterocycles. The first kappa shape index (κ1) is 17.2. The van der Waals surface area contributed by atoms with Crippen LogP contribution in [0.15, 0.2) is 23.1 Å². The Bertz CT molecular complexity index is 672. The molecule has 0 bridgehead atoms. The number of nitrogens with one attached hydrogen (secondary N) is 1. The van der Waals surface area contributed by atoms with Crippen LogP contribution in [0.5, 0.6) is 0 Å². The van der Waals surface area contributed by atoms with Gasteiger partial charge in [-0.15, -0.1) is 0 Å². The van der Waals surface area contributed by atoms with Crippen LogP contribution >= 0.6 is 0 Å². The minimum absolute atomic E-state index is 0.0793. The molecule has 0 saturated carbocycles. The minimum Gasteiger partial charge on any atom is -0.465 e. The smallest absolute Gasteiger partial charge is 0.321 e. The molecule has 3 N–H and O–H groups in total. The van der Waals surface area contributed by atoms with Gasteiger partial charge in [0.1, 0.15) is 6.54 Å². The molecule has 0 aliphatic heterocycles. The average molecular weight is 310 g/mol. The number of hydrogen-bond donors (Lipinski definition) is 2. The highest BCUT2D eigenvalue weighted by molar-refractivity contribution is 7.89. The molecule has 21 heavy (non-hydrogen) atoms. The summed E-state index contributed by atoms with van der Waals surface area (Å²) in [5.74, 6) is 4.80. The van der Waals surface area contributed by atoms with E-state index in [-0.39, 0.29) is 18.0 Å². The monoisotopic (exact) mass is 310 g/mol. The highest BCUT2D eigenvalue weighted by atomic mass is 32.2. The fourth-order valence-electron chi connectivity index (χ4n) is 1.56. The van der Waals surface area contributed by atoms with Gasteiger partial charge < -0.3 is 10.5 Å². The summed E-state index contributed by atoms with van der Waals surface area (Å²) in [4.78, 5) is 11.3. The van der Waals surface area contributed by atoms with Crippen molar-refractivity contribution in [2.45, 2.75) is 18.7 Å². The molecule has 0 fully saturated rings. The Morgan fingerprint density at radius 3 is 2.76 bits per heavy atom. The van der Waals surface area contributed by atoms with Crippen molar-refractivity contribution in [3.63, 3.8) is 0 Å². The molecule has 0 aliphatic rings. The van der Waals surface area contributed by atoms with Gasteiger partial charge in [0.15, 0.2) is 0 Å². The predicted molar refractivity (Wildman–Crippen MR) is 78.9 cm³/mol. The van der Waals surface area contributed by atoms with E-state index in [9.17, 15) is 13.2 Å². The Labute approximate surface area is 124 Å². The largest absolute Gasteiger partial charge is 0.465 e. The fourth-order valence-corrected chi connectivity index (χ4v) is 2.80. The van der Waals surface area contributed by atoms with Crippen molar-refractivity contribution >= 4 is 16.0 Å². The lowest BCUT2D eigenvalue weighted by Gasteiger charge is -2.09. The number of ether oxygens (including phenoxy) is 1. The van der Waals surface area contributed by atoms with Gasteiger partial charge in [0.2, 0.25) is 10.0 Å². The third-order valence-corrected chi connectivity index (χ3v) is 4.07. The van der Waals surface area contributed by atoms with Crippen LogP contribution in [-0.4, -0.2) is 34.1 Å². The summed E-state index contributed by atoms with van der Waals surface area (Å²) in [7, 11) is -3.80. The molecule has 7 heteroatoms. The van der Waals surface area contributed by atoms with Crippen LogP contribution in [0.2, 0.25) is 0 Å². The Kier molecular flexibility index (Phi) is 6.37. The highest BCUT2D eigenvalue weighted by Crippen LogP contribution is 2.16. The number of sulfonamides is 1. The second-order valence-corrected chi connectivity index (χ2v) is 5.85. The Morgan fingerprint density at radius 1 is 1.43 bits per heavy atom. The molecule has 114 valence electrons. The zero-order chi connectivity index (χ0) is 15.9. The summed E-state index contributed by atoms with van der Waals surface area (Å²) >= 11 is 0. The molecule has 0 aromatic heterocycles. The number of esters is 1. The number of rotatable bonds is 5. The lowest BCUT2D eigenvalue weighted by molar-refractivity contribution is -0.141. The quantitative estimate of drug-likeness (QED) is 0.596. The summed E-state index contributed by atoms with van der Waals surface area (Å²) < 4.78 is 31.3. The van der Waals surface area contributed by atoms with Gasteiger partial charge in [0.05, 0.1) is 18.0 Å². The number of hydrogen-bond acceptors (Lipinski definition) is 5. The molecule has 6 nitrogen and oxygen atoms in total. The van der Waals surface area contributed by atoms with E-state index >= 15 is 0 Å². The third-order valence-electron chi connectivity index (χ3n) is 2.52. The summed E-state index contributed by atoms with van der Waals surface area (Å²) in [5, 5.41) is 0. The molecular weight excluding hydrogens is 292 g/mol. The molecule has 0 amide bonds. The van der Waals surface area contributed by atoms with Crippen molar-refractivity contribution in [1.29, 1.82) is 0 Å². The van der Waals surface area contributed by atoms with Crippen molar-refractivity contribution in [3.05, 3.63) is 29.3 Å². The molecule has 1 aromatic rings. The molecule has 0 radical (unpaired) electrons. The second kappa shape index (κ2) is 7.78. The number of benzene rings is 1. The van der Waals surface area contributed by atoms with E-state index in [4.69, 9.17) is 5.73 Å². The van der Waals surface area contributed by atoms with Crippen LogP contribution in [0.4, 0.5) is 0 Å². The lowest BCUT2D eigenvalue weighted by atomic mass is 10.1. The summed E-state index contributed by atoms with van der Waals surface area (Å²) in [6.07, 6.45) is 0. The molecule has 0 aliphatic carbocycles. The van der Waals surface area contributed by atoms with Crippen molar-refractivity contribution in [2.75, 3.05) is 19.7 Å². The zero-order valence-electron chi connectivity index (χ0n) is 12.0. The van der Waals surface area contributed by atoms with Crippen molar-refractivity contribution in [2.24, 2.45) is 5.73 Å². The summed E-state index contributed by atoms with van der Waals surface area (Å²) in [6, 6.07) is 4.81. The number of carbonyl (C=O) groups is 1. The first-order chi connectivity index (χ1) is 9.90. The van der Waals surface area contributed by atoms with Gasteiger partial charge in [-0.1, -0.05) is 17.9 Å². The first-order valence-corrected chi connectivity index (χ1v) is 7.84. The molecular formula is C14H18N2O4S. The second-order valence-electron chi connectivity index (χ2n) is 4.12. The molecule has 0 unspecified atom stereocenters. The van der Waals surface area contributed by atoms with Gasteiger partial charge >= 0.3 is 5.97 Å². The van der Waals surface area contributed by atoms with E-state index in [1.165, 1.54) is 6.07 Å². The number of aryl methyl sites for hydroxylation is 1. The van der Waals surface area contributed by atoms with Crippen LogP contribution < -0.4 is 10.5 Å². The number of carbonyl (C=O) groups excluding carboxylic acids is 1. The molecule has 0 saturated heterocycles. The summed E-state index contributed by atoms with van der Waals surface area (Å²) in [5.41, 5.74) is 6.39. The predicted octanol–water partition coefficient (Wildman–Crippen LogP) is 0.147. The normalized spacial score (nSPS) is 10.6. The average Bonchev–Trinajstić information content (AvgIpc) is 2.44. The van der Waals surface area contributed by atoms with Gasteiger partial charge in [-0.25, -0.2) is 8.42 Å². The minimum atomic E-state index is -3.80. The Hall–Kier alpha value is -1.88. The Balaban J connectivity index is 2.99. The maximum Gasteiger partial charge on any atom is 0.321 e. The fraction of sp³-hybridized carbons (Fsp3) is 0.357. The molecule has 0 spiro atoms. The van der Waals surface area contributed by atoms with Gasteiger partial charge in [-0.2, -0.15) is 4.72 Å². The van der Waals surface area contributed by atoms with E-state index < -0.39 is 22.5 Å². The SMILES string of the molecule is CCOC(=O)CNS(=O)(=O)c1cc(C#CCN)ccc1C. The lowest BCUT2D eigenvalue weighted by Crippen LogP contribution is -2.31. The zero-order valence-corrected chi connectivity index (χ0v) is 12.8. The summed E-state index contributed by atoms with van der Waals surface area (Å²) in [6.45, 7) is 3.30. The van der Waals surface area contributed by atoms with Crippen molar-refractivity contribution < 1.29 is 17.9 Å². The van der Waals surface area contributed by atoms with Crippen LogP contribution in [0.25, 0.3) is 0 Å². The molecule has 1 aromatic carbocycles. The van der Waals surface area contributed by atoms with E-state index in [2.05, 4.69) is 21.3 Å². The van der Waals surface area contributed by atoms with Crippen LogP contribution in [0, 0.1) is 18.8 Å². The van der Waals surface area contributed by atoms with Gasteiger partial charge in [0.25, 0.3) is 0 Å². The van der Waals surface area contributed by atoms with Crippen LogP contribution in [0.1, 0.15) is 18.1 Å². The maximum absolute atomic E-state index is 12.2. The van der Waals surface area contributed by atoms with Crippen LogP contribution in [0.3, 0.4) is 0 Å². The van der Waals surface area contributed by atoms with Gasteiger partial charge in [-0.3, -0.25) is 4.79 Å². The van der Waals surface area contributed by atoms with E-state index in [0.29, 0.717) is 11.1 Å². The van der Waals surface area contributed by atoms with Gasteiger partial charge in [0, 0.05) is 5.56 Å². The van der Waals surface area contributed by atoms with Crippen LogP contribution in [-0.2, 0) is 19.6 Å².